The van der Waals surface area contributed by atoms with Gasteiger partial charge in [-0.2, -0.15) is 5.10 Å². The second-order valence-electron chi connectivity index (χ2n) is 6.18. The standard InChI is InChI=1S/C20H20BrN3O2/c1-12-4-5-13(2)17(10-12)26-11-18(25)22-20-19(14(3)23-24-20)15-6-8-16(21)9-7-15/h4-10H,11H2,1-3H3,(H2,22,23,24,25). The van der Waals surface area contributed by atoms with Gasteiger partial charge < -0.3 is 10.1 Å². The van der Waals surface area contributed by atoms with Crippen molar-refractivity contribution in [3.8, 4) is 16.9 Å². The van der Waals surface area contributed by atoms with Gasteiger partial charge in [0.1, 0.15) is 5.75 Å². The number of aromatic amines is 1. The molecule has 0 saturated heterocycles. The molecule has 1 heterocycles. The predicted octanol–water partition coefficient (Wildman–Crippen LogP) is 4.78. The Hall–Kier alpha value is -2.60. The van der Waals surface area contributed by atoms with Crippen LogP contribution in [-0.4, -0.2) is 22.7 Å². The summed E-state index contributed by atoms with van der Waals surface area (Å²) in [4.78, 5) is 12.3. The molecule has 0 fully saturated rings. The summed E-state index contributed by atoms with van der Waals surface area (Å²) in [6.07, 6.45) is 0. The van der Waals surface area contributed by atoms with E-state index in [1.807, 2.05) is 63.2 Å². The lowest BCUT2D eigenvalue weighted by atomic mass is 10.1. The highest BCUT2D eigenvalue weighted by atomic mass is 79.9. The van der Waals surface area contributed by atoms with Crippen molar-refractivity contribution in [2.75, 3.05) is 11.9 Å². The molecule has 0 spiro atoms. The molecule has 0 unspecified atom stereocenters. The zero-order valence-electron chi connectivity index (χ0n) is 14.9. The Bertz CT molecular complexity index is 933. The van der Waals surface area contributed by atoms with Crippen molar-refractivity contribution in [2.24, 2.45) is 0 Å². The molecule has 0 aliphatic heterocycles. The minimum Gasteiger partial charge on any atom is -0.483 e. The van der Waals surface area contributed by atoms with E-state index in [9.17, 15) is 4.79 Å². The molecule has 0 radical (unpaired) electrons. The van der Waals surface area contributed by atoms with Gasteiger partial charge in [-0.15, -0.1) is 0 Å². The fraction of sp³-hybridized carbons (Fsp3) is 0.200. The predicted molar refractivity (Wildman–Crippen MR) is 107 cm³/mol. The number of rotatable bonds is 5. The largest absolute Gasteiger partial charge is 0.483 e. The quantitative estimate of drug-likeness (QED) is 0.632. The first-order valence-electron chi connectivity index (χ1n) is 8.25. The summed E-state index contributed by atoms with van der Waals surface area (Å²) in [6, 6.07) is 13.8. The number of anilines is 1. The summed E-state index contributed by atoms with van der Waals surface area (Å²) in [6.45, 7) is 5.79. The molecule has 0 aliphatic rings. The van der Waals surface area contributed by atoms with Gasteiger partial charge in [-0.3, -0.25) is 9.89 Å². The number of hydrogen-bond donors (Lipinski definition) is 2. The number of aryl methyl sites for hydroxylation is 3. The number of ether oxygens (including phenoxy) is 1. The SMILES string of the molecule is Cc1ccc(C)c(OCC(=O)Nc2n[nH]c(C)c2-c2ccc(Br)cc2)c1. The van der Waals surface area contributed by atoms with Crippen LogP contribution < -0.4 is 10.1 Å². The van der Waals surface area contributed by atoms with Crippen LogP contribution in [0.25, 0.3) is 11.1 Å². The number of H-pyrrole nitrogens is 1. The Morgan fingerprint density at radius 1 is 1.15 bits per heavy atom. The fourth-order valence-corrected chi connectivity index (χ4v) is 2.93. The zero-order valence-corrected chi connectivity index (χ0v) is 16.5. The Labute approximate surface area is 160 Å². The van der Waals surface area contributed by atoms with Crippen LogP contribution in [0.2, 0.25) is 0 Å². The molecule has 0 aliphatic carbocycles. The molecule has 134 valence electrons. The lowest BCUT2D eigenvalue weighted by molar-refractivity contribution is -0.118. The van der Waals surface area contributed by atoms with Crippen LogP contribution >= 0.6 is 15.9 Å². The third-order valence-corrected chi connectivity index (χ3v) is 4.57. The molecule has 2 N–H and O–H groups in total. The van der Waals surface area contributed by atoms with Gasteiger partial charge in [-0.1, -0.05) is 40.2 Å². The molecule has 1 aromatic heterocycles. The number of nitrogens with zero attached hydrogens (tertiary/aromatic N) is 1. The van der Waals surface area contributed by atoms with Gasteiger partial charge >= 0.3 is 0 Å². The van der Waals surface area contributed by atoms with E-state index in [-0.39, 0.29) is 12.5 Å². The number of carbonyl (C=O) groups is 1. The van der Waals surface area contributed by atoms with Crippen molar-refractivity contribution in [1.82, 2.24) is 10.2 Å². The first kappa shape index (κ1) is 18.2. The van der Waals surface area contributed by atoms with Gasteiger partial charge in [0, 0.05) is 15.7 Å². The molecule has 0 bridgehead atoms. The van der Waals surface area contributed by atoms with Gasteiger partial charge in [0.15, 0.2) is 12.4 Å². The Kier molecular flexibility index (Phi) is 5.42. The topological polar surface area (TPSA) is 67.0 Å². The smallest absolute Gasteiger partial charge is 0.263 e. The molecule has 5 nitrogen and oxygen atoms in total. The Morgan fingerprint density at radius 2 is 1.88 bits per heavy atom. The lowest BCUT2D eigenvalue weighted by Crippen LogP contribution is -2.21. The van der Waals surface area contributed by atoms with E-state index in [2.05, 4.69) is 31.4 Å². The summed E-state index contributed by atoms with van der Waals surface area (Å²) < 4.78 is 6.66. The molecule has 3 rings (SSSR count). The number of carbonyl (C=O) groups excluding carboxylic acids is 1. The number of halogens is 1. The van der Waals surface area contributed by atoms with Crippen molar-refractivity contribution in [1.29, 1.82) is 0 Å². The van der Waals surface area contributed by atoms with Gasteiger partial charge in [0.25, 0.3) is 5.91 Å². The molecule has 2 aromatic carbocycles. The molecule has 26 heavy (non-hydrogen) atoms. The molecule has 0 saturated carbocycles. The van der Waals surface area contributed by atoms with E-state index < -0.39 is 0 Å². The lowest BCUT2D eigenvalue weighted by Gasteiger charge is -2.10. The van der Waals surface area contributed by atoms with E-state index in [0.717, 1.165) is 32.4 Å². The highest BCUT2D eigenvalue weighted by molar-refractivity contribution is 9.10. The zero-order chi connectivity index (χ0) is 18.7. The average molecular weight is 414 g/mol. The summed E-state index contributed by atoms with van der Waals surface area (Å²) in [7, 11) is 0. The minimum atomic E-state index is -0.254. The van der Waals surface area contributed by atoms with Crippen LogP contribution in [0.5, 0.6) is 5.75 Å². The molecule has 3 aromatic rings. The maximum atomic E-state index is 12.3. The van der Waals surface area contributed by atoms with E-state index in [4.69, 9.17) is 4.74 Å². The van der Waals surface area contributed by atoms with E-state index in [1.165, 1.54) is 0 Å². The molecule has 0 atom stereocenters. The summed E-state index contributed by atoms with van der Waals surface area (Å²) in [5.41, 5.74) is 4.82. The van der Waals surface area contributed by atoms with Crippen molar-refractivity contribution in [3.63, 3.8) is 0 Å². The fourth-order valence-electron chi connectivity index (χ4n) is 2.66. The maximum absolute atomic E-state index is 12.3. The van der Waals surface area contributed by atoms with Crippen molar-refractivity contribution >= 4 is 27.7 Å². The monoisotopic (exact) mass is 413 g/mol. The van der Waals surface area contributed by atoms with Crippen LogP contribution in [0.4, 0.5) is 5.82 Å². The molecular weight excluding hydrogens is 394 g/mol. The highest BCUT2D eigenvalue weighted by Gasteiger charge is 2.15. The summed E-state index contributed by atoms with van der Waals surface area (Å²) >= 11 is 3.43. The molecule has 6 heteroatoms. The van der Waals surface area contributed by atoms with Gasteiger partial charge in [-0.25, -0.2) is 0 Å². The Morgan fingerprint density at radius 3 is 2.62 bits per heavy atom. The average Bonchev–Trinajstić information content (AvgIpc) is 2.97. The second kappa shape index (κ2) is 7.74. The first-order valence-corrected chi connectivity index (χ1v) is 9.04. The van der Waals surface area contributed by atoms with Gasteiger partial charge in [0.05, 0.1) is 0 Å². The highest BCUT2D eigenvalue weighted by Crippen LogP contribution is 2.30. The number of nitrogens with one attached hydrogen (secondary N) is 2. The van der Waals surface area contributed by atoms with Crippen LogP contribution in [-0.2, 0) is 4.79 Å². The van der Waals surface area contributed by atoms with Crippen molar-refractivity contribution in [2.45, 2.75) is 20.8 Å². The maximum Gasteiger partial charge on any atom is 0.263 e. The number of benzene rings is 2. The normalized spacial score (nSPS) is 10.6. The van der Waals surface area contributed by atoms with Crippen LogP contribution in [0.1, 0.15) is 16.8 Å². The first-order chi connectivity index (χ1) is 12.4. The van der Waals surface area contributed by atoms with Crippen molar-refractivity contribution in [3.05, 3.63) is 63.8 Å². The number of aromatic nitrogens is 2. The molecule has 1 amide bonds. The van der Waals surface area contributed by atoms with E-state index in [1.54, 1.807) is 0 Å². The van der Waals surface area contributed by atoms with Crippen LogP contribution in [0.15, 0.2) is 46.9 Å². The third kappa shape index (κ3) is 4.14. The number of hydrogen-bond acceptors (Lipinski definition) is 3. The molecular formula is C20H20BrN3O2. The van der Waals surface area contributed by atoms with Crippen LogP contribution in [0, 0.1) is 20.8 Å². The van der Waals surface area contributed by atoms with Crippen LogP contribution in [0.3, 0.4) is 0 Å². The summed E-state index contributed by atoms with van der Waals surface area (Å²) in [5.74, 6) is 0.960. The third-order valence-electron chi connectivity index (χ3n) is 4.04. The Balaban J connectivity index is 1.72. The van der Waals surface area contributed by atoms with E-state index >= 15 is 0 Å². The number of amides is 1. The second-order valence-corrected chi connectivity index (χ2v) is 7.10. The minimum absolute atomic E-state index is 0.0734. The van der Waals surface area contributed by atoms with E-state index in [0.29, 0.717) is 11.6 Å². The summed E-state index contributed by atoms with van der Waals surface area (Å²) in [5, 5.41) is 9.98. The van der Waals surface area contributed by atoms with Gasteiger partial charge in [-0.05, 0) is 55.7 Å². The van der Waals surface area contributed by atoms with Crippen molar-refractivity contribution < 1.29 is 9.53 Å². The van der Waals surface area contributed by atoms with Gasteiger partial charge in [0.2, 0.25) is 0 Å².